The minimum absolute atomic E-state index is 0.0256. The number of hydrogen-bond donors (Lipinski definition) is 1. The Bertz CT molecular complexity index is 1840. The molecule has 0 radical (unpaired) electrons. The van der Waals surface area contributed by atoms with E-state index in [4.69, 9.17) is 9.72 Å². The van der Waals surface area contributed by atoms with Gasteiger partial charge in [-0.25, -0.2) is 13.2 Å². The summed E-state index contributed by atoms with van der Waals surface area (Å²) in [6, 6.07) is 8.42. The van der Waals surface area contributed by atoms with Crippen LogP contribution in [0.3, 0.4) is 0 Å². The van der Waals surface area contributed by atoms with Gasteiger partial charge in [0.05, 0.1) is 10.9 Å². The van der Waals surface area contributed by atoms with Crippen LogP contribution in [0.15, 0.2) is 36.5 Å². The molecule has 9 rings (SSSR count). The van der Waals surface area contributed by atoms with Gasteiger partial charge in [0, 0.05) is 50.3 Å². The van der Waals surface area contributed by atoms with Crippen LogP contribution in [0.5, 0.6) is 6.01 Å². The zero-order valence-electron chi connectivity index (χ0n) is 25.7. The average molecular weight is 631 g/mol. The molecule has 0 spiro atoms. The van der Waals surface area contributed by atoms with Crippen LogP contribution >= 0.6 is 0 Å². The third kappa shape index (κ3) is 5.12. The minimum Gasteiger partial charge on any atom is -0.461 e. The molecule has 0 unspecified atom stereocenters. The summed E-state index contributed by atoms with van der Waals surface area (Å²) in [7, 11) is 0. The van der Waals surface area contributed by atoms with E-state index in [2.05, 4.69) is 25.1 Å². The average Bonchev–Trinajstić information content (AvgIpc) is 3.47. The topological polar surface area (TPSA) is 83.5 Å². The molecule has 5 aliphatic rings. The number of alkyl halides is 1. The number of carbonyl (C=O) groups is 1. The highest BCUT2D eigenvalue weighted by Crippen LogP contribution is 2.41. The van der Waals surface area contributed by atoms with Gasteiger partial charge in [-0.3, -0.25) is 14.7 Å². The molecular weight excluding hydrogens is 593 g/mol. The van der Waals surface area contributed by atoms with Gasteiger partial charge in [-0.2, -0.15) is 9.97 Å². The second-order valence-electron chi connectivity index (χ2n) is 13.4. The zero-order chi connectivity index (χ0) is 31.4. The van der Waals surface area contributed by atoms with E-state index in [-0.39, 0.29) is 42.2 Å². The van der Waals surface area contributed by atoms with Gasteiger partial charge in [0.1, 0.15) is 35.6 Å². The first-order valence-corrected chi connectivity index (χ1v) is 16.5. The number of pyridine rings is 1. The summed E-state index contributed by atoms with van der Waals surface area (Å²) in [6.45, 7) is 2.58. The van der Waals surface area contributed by atoms with E-state index >= 15 is 8.78 Å². The molecule has 2 aromatic carbocycles. The Kier molecular flexibility index (Phi) is 7.46. The van der Waals surface area contributed by atoms with Crippen molar-refractivity contribution < 1.29 is 22.7 Å². The van der Waals surface area contributed by atoms with Gasteiger partial charge < -0.3 is 15.0 Å². The lowest BCUT2D eigenvalue weighted by molar-refractivity contribution is -0.121. The lowest BCUT2D eigenvalue weighted by Crippen LogP contribution is -2.44. The maximum Gasteiger partial charge on any atom is 0.319 e. The second-order valence-corrected chi connectivity index (χ2v) is 13.4. The molecule has 11 heteroatoms. The Morgan fingerprint density at radius 3 is 2.85 bits per heavy atom. The van der Waals surface area contributed by atoms with Crippen molar-refractivity contribution in [3.05, 3.63) is 53.7 Å². The largest absolute Gasteiger partial charge is 0.461 e. The quantitative estimate of drug-likeness (QED) is 0.302. The predicted molar refractivity (Wildman–Crippen MR) is 170 cm³/mol. The van der Waals surface area contributed by atoms with Crippen molar-refractivity contribution in [2.24, 2.45) is 0 Å². The van der Waals surface area contributed by atoms with E-state index in [9.17, 15) is 9.18 Å². The molecule has 5 aliphatic heterocycles. The van der Waals surface area contributed by atoms with Crippen LogP contribution in [0, 0.1) is 11.6 Å². The highest BCUT2D eigenvalue weighted by atomic mass is 19.1. The Balaban J connectivity index is 1.30. The van der Waals surface area contributed by atoms with Crippen LogP contribution in [-0.2, 0) is 11.2 Å². The van der Waals surface area contributed by atoms with Crippen molar-refractivity contribution >= 4 is 33.4 Å². The molecule has 6 bridgehead atoms. The third-order valence-corrected chi connectivity index (χ3v) is 10.4. The number of aryl methyl sites for hydroxylation is 1. The van der Waals surface area contributed by atoms with Gasteiger partial charge in [0.25, 0.3) is 0 Å². The number of halogens is 3. The normalized spacial score (nSPS) is 25.3. The summed E-state index contributed by atoms with van der Waals surface area (Å²) in [5, 5.41) is 4.96. The van der Waals surface area contributed by atoms with Gasteiger partial charge in [0.15, 0.2) is 5.82 Å². The van der Waals surface area contributed by atoms with Crippen molar-refractivity contribution in [1.29, 1.82) is 0 Å². The van der Waals surface area contributed by atoms with Gasteiger partial charge in [-0.1, -0.05) is 24.3 Å². The molecule has 3 atom stereocenters. The Morgan fingerprint density at radius 2 is 1.93 bits per heavy atom. The lowest BCUT2D eigenvalue weighted by atomic mass is 9.93. The lowest BCUT2D eigenvalue weighted by Gasteiger charge is -2.31. The number of ether oxygens (including phenoxy) is 1. The summed E-state index contributed by atoms with van der Waals surface area (Å²) in [5.74, 6) is -0.613. The van der Waals surface area contributed by atoms with E-state index in [1.165, 1.54) is 6.07 Å². The molecule has 8 nitrogen and oxygen atoms in total. The van der Waals surface area contributed by atoms with Crippen LogP contribution in [0.2, 0.25) is 0 Å². The highest BCUT2D eigenvalue weighted by molar-refractivity contribution is 6.01. The smallest absolute Gasteiger partial charge is 0.319 e. The molecule has 46 heavy (non-hydrogen) atoms. The first kappa shape index (κ1) is 29.4. The number of fused-ring (bicyclic) bond motifs is 6. The first-order valence-electron chi connectivity index (χ1n) is 16.5. The van der Waals surface area contributed by atoms with Crippen LogP contribution in [0.25, 0.3) is 32.9 Å². The molecule has 7 heterocycles. The van der Waals surface area contributed by atoms with Gasteiger partial charge in [-0.05, 0) is 73.9 Å². The molecule has 2 aromatic heterocycles. The summed E-state index contributed by atoms with van der Waals surface area (Å²) in [5.41, 5.74) is 0.601. The summed E-state index contributed by atoms with van der Waals surface area (Å²) in [4.78, 5) is 31.4. The van der Waals surface area contributed by atoms with Crippen molar-refractivity contribution in [3.63, 3.8) is 0 Å². The molecular formula is C35H37F3N6O2. The molecule has 0 aliphatic carbocycles. The zero-order valence-corrected chi connectivity index (χ0v) is 25.7. The van der Waals surface area contributed by atoms with E-state index in [0.29, 0.717) is 66.6 Å². The number of nitrogens with one attached hydrogen (secondary N) is 1. The fourth-order valence-electron chi connectivity index (χ4n) is 8.21. The van der Waals surface area contributed by atoms with E-state index in [0.717, 1.165) is 44.0 Å². The minimum atomic E-state index is -0.908. The van der Waals surface area contributed by atoms with Crippen LogP contribution < -0.4 is 15.0 Å². The third-order valence-electron chi connectivity index (χ3n) is 10.4. The number of carbonyl (C=O) groups excluding carboxylic acids is 1. The van der Waals surface area contributed by atoms with Crippen molar-refractivity contribution in [2.45, 2.75) is 75.5 Å². The summed E-state index contributed by atoms with van der Waals surface area (Å²) >= 11 is 0. The number of amides is 1. The predicted octanol–water partition coefficient (Wildman–Crippen LogP) is 5.89. The van der Waals surface area contributed by atoms with Crippen LogP contribution in [0.1, 0.15) is 56.9 Å². The Labute approximate surface area is 265 Å². The maximum atomic E-state index is 16.9. The highest BCUT2D eigenvalue weighted by Gasteiger charge is 2.49. The molecule has 1 N–H and O–H groups in total. The van der Waals surface area contributed by atoms with Crippen molar-refractivity contribution in [3.8, 4) is 17.3 Å². The van der Waals surface area contributed by atoms with Gasteiger partial charge in [-0.15, -0.1) is 0 Å². The molecule has 0 saturated carbocycles. The van der Waals surface area contributed by atoms with Gasteiger partial charge >= 0.3 is 6.01 Å². The van der Waals surface area contributed by atoms with E-state index in [1.54, 1.807) is 24.4 Å². The number of anilines is 1. The van der Waals surface area contributed by atoms with Crippen molar-refractivity contribution in [2.75, 3.05) is 37.7 Å². The molecule has 4 aromatic rings. The molecule has 240 valence electrons. The van der Waals surface area contributed by atoms with Gasteiger partial charge in [0.2, 0.25) is 5.91 Å². The monoisotopic (exact) mass is 630 g/mol. The van der Waals surface area contributed by atoms with Crippen LogP contribution in [0.4, 0.5) is 19.0 Å². The fraction of sp³-hybridized carbons (Fsp3) is 0.486. The Morgan fingerprint density at radius 1 is 1.02 bits per heavy atom. The summed E-state index contributed by atoms with van der Waals surface area (Å²) < 4.78 is 53.1. The molecule has 3 saturated heterocycles. The Hall–Kier alpha value is -3.99. The number of aromatic nitrogens is 3. The standard InChI is InChI=1S/C35H37F3N6O2/c36-22-16-35(13-5-15-44(35)18-22)20-46-34-41-32-26-17-39-31(30(32)38)25-9-3-6-21-11-12-27(37)24(29(21)25)8-4-10-28(45)40-23-7-1-2-14-43(19-23)33(26)42-34/h3,6,9,11-12,17,22-23H,1-2,4-5,7-8,10,13-16,18-20H2,(H,40,45)/t22-,23-,35+/m1/s1. The fourth-order valence-corrected chi connectivity index (χ4v) is 8.21. The van der Waals surface area contributed by atoms with Crippen LogP contribution in [-0.4, -0.2) is 76.3 Å². The van der Waals surface area contributed by atoms with E-state index in [1.807, 2.05) is 6.07 Å². The number of rotatable bonds is 3. The summed E-state index contributed by atoms with van der Waals surface area (Å²) in [6.07, 6.45) is 6.48. The second kappa shape index (κ2) is 11.7. The van der Waals surface area contributed by atoms with E-state index < -0.39 is 23.3 Å². The number of nitrogens with zero attached hydrogens (tertiary/aromatic N) is 5. The number of benzene rings is 2. The molecule has 1 amide bonds. The van der Waals surface area contributed by atoms with Crippen molar-refractivity contribution in [1.82, 2.24) is 25.2 Å². The molecule has 3 fully saturated rings. The maximum absolute atomic E-state index is 16.9. The first-order chi connectivity index (χ1) is 22.4. The number of hydrogen-bond acceptors (Lipinski definition) is 7. The SMILES string of the molecule is O=C1CCCc2c(F)ccc3cccc(c23)-c2ncc3c(nc(OC[C@@]45CCCN4C[C@H](F)C5)nc3c2F)N2CCCC[C@H](C2)N1.